The lowest BCUT2D eigenvalue weighted by Gasteiger charge is -2.48. The van der Waals surface area contributed by atoms with Gasteiger partial charge in [-0.05, 0) is 75.5 Å². The summed E-state index contributed by atoms with van der Waals surface area (Å²) in [4.78, 5) is 44.8. The molecule has 1 aliphatic carbocycles. The largest absolute Gasteiger partial charge is 0.444 e. The Labute approximate surface area is 247 Å². The third kappa shape index (κ3) is 8.92. The van der Waals surface area contributed by atoms with Crippen LogP contribution in [0.4, 0.5) is 4.79 Å². The third-order valence-electron chi connectivity index (χ3n) is 8.26. The molecule has 0 radical (unpaired) electrons. The fourth-order valence-corrected chi connectivity index (χ4v) is 6.33. The Hall–Kier alpha value is -3.14. The van der Waals surface area contributed by atoms with Crippen molar-refractivity contribution in [1.29, 1.82) is 0 Å². The van der Waals surface area contributed by atoms with Gasteiger partial charge in [0, 0.05) is 31.1 Å². The van der Waals surface area contributed by atoms with E-state index in [1.54, 1.807) is 45.6 Å². The van der Waals surface area contributed by atoms with Crippen molar-refractivity contribution < 1.29 is 19.1 Å². The maximum atomic E-state index is 13.9. The van der Waals surface area contributed by atoms with Crippen molar-refractivity contribution in [2.45, 2.75) is 90.3 Å². The van der Waals surface area contributed by atoms with E-state index in [9.17, 15) is 14.4 Å². The number of carbonyl (C=O) groups is 3. The molecule has 2 aliphatic rings. The van der Waals surface area contributed by atoms with Crippen LogP contribution in [-0.2, 0) is 27.3 Å². The molecule has 2 fully saturated rings. The number of benzene rings is 1. The van der Waals surface area contributed by atoms with Gasteiger partial charge in [0.15, 0.2) is 0 Å². The van der Waals surface area contributed by atoms with E-state index in [1.807, 2.05) is 21.7 Å². The van der Waals surface area contributed by atoms with Crippen LogP contribution in [0.2, 0.25) is 5.02 Å². The molecule has 1 saturated heterocycles. The van der Waals surface area contributed by atoms with Gasteiger partial charge in [-0.15, -0.1) is 0 Å². The molecule has 41 heavy (non-hydrogen) atoms. The lowest BCUT2D eigenvalue weighted by Crippen LogP contribution is -2.55. The highest BCUT2D eigenvalue weighted by atomic mass is 35.5. The lowest BCUT2D eigenvalue weighted by molar-refractivity contribution is -0.139. The van der Waals surface area contributed by atoms with Gasteiger partial charge in [-0.2, -0.15) is 5.10 Å². The van der Waals surface area contributed by atoms with Crippen molar-refractivity contribution in [2.75, 3.05) is 19.6 Å². The molecule has 2 aromatic rings. The van der Waals surface area contributed by atoms with E-state index in [0.29, 0.717) is 30.5 Å². The summed E-state index contributed by atoms with van der Waals surface area (Å²) in [6, 6.07) is 6.48. The number of hydrogen-bond acceptors (Lipinski definition) is 6. The first-order valence-corrected chi connectivity index (χ1v) is 15.0. The summed E-state index contributed by atoms with van der Waals surface area (Å²) in [5, 5.41) is 10.3. The quantitative estimate of drug-likeness (QED) is 0.450. The van der Waals surface area contributed by atoms with E-state index < -0.39 is 23.6 Å². The lowest BCUT2D eigenvalue weighted by atomic mass is 9.63. The van der Waals surface area contributed by atoms with Crippen LogP contribution in [-0.4, -0.2) is 68.8 Å². The zero-order chi connectivity index (χ0) is 29.5. The van der Waals surface area contributed by atoms with Gasteiger partial charge in [-0.1, -0.05) is 43.0 Å². The topological polar surface area (TPSA) is 118 Å². The standard InChI is InChI=1S/C30H43ClN6O4/c1-29(2,3)41-28(40)33-18-26(38)35-25(17-22-9-11-24(31)12-10-22)27(39)36-15-13-30(14-16-36,19-37-21-32-20-34-37)23-7-5-4-6-8-23/h9-12,20-21,23,25H,4-8,13-19H2,1-3H3,(H,33,40)(H,35,38)/t25-/m1/s1. The van der Waals surface area contributed by atoms with Crippen molar-refractivity contribution in [3.8, 4) is 0 Å². The van der Waals surface area contributed by atoms with Gasteiger partial charge in [0.05, 0.1) is 0 Å². The van der Waals surface area contributed by atoms with Crippen LogP contribution in [0.3, 0.4) is 0 Å². The molecule has 1 aromatic heterocycles. The van der Waals surface area contributed by atoms with Gasteiger partial charge in [0.25, 0.3) is 0 Å². The first-order valence-electron chi connectivity index (χ1n) is 14.6. The molecule has 4 rings (SSSR count). The summed E-state index contributed by atoms with van der Waals surface area (Å²) in [6.45, 7) is 7.01. The van der Waals surface area contributed by atoms with Gasteiger partial charge >= 0.3 is 6.09 Å². The first kappa shape index (κ1) is 30.8. The Morgan fingerprint density at radius 1 is 1.10 bits per heavy atom. The zero-order valence-electron chi connectivity index (χ0n) is 24.4. The highest BCUT2D eigenvalue weighted by molar-refractivity contribution is 6.30. The Kier molecular flexibility index (Phi) is 10.3. The number of hydrogen-bond donors (Lipinski definition) is 2. The second-order valence-electron chi connectivity index (χ2n) is 12.4. The summed E-state index contributed by atoms with van der Waals surface area (Å²) >= 11 is 6.07. The summed E-state index contributed by atoms with van der Waals surface area (Å²) < 4.78 is 7.16. The number of ether oxygens (including phenoxy) is 1. The Morgan fingerprint density at radius 2 is 1.78 bits per heavy atom. The van der Waals surface area contributed by atoms with Crippen LogP contribution >= 0.6 is 11.6 Å². The second-order valence-corrected chi connectivity index (χ2v) is 12.9. The van der Waals surface area contributed by atoms with Crippen LogP contribution in [0.15, 0.2) is 36.9 Å². The number of nitrogens with one attached hydrogen (secondary N) is 2. The molecular weight excluding hydrogens is 544 g/mol. The number of nitrogens with zero attached hydrogens (tertiary/aromatic N) is 4. The van der Waals surface area contributed by atoms with Crippen molar-refractivity contribution in [1.82, 2.24) is 30.3 Å². The van der Waals surface area contributed by atoms with Crippen molar-refractivity contribution in [2.24, 2.45) is 11.3 Å². The predicted octanol–water partition coefficient (Wildman–Crippen LogP) is 4.37. The predicted molar refractivity (Wildman–Crippen MR) is 156 cm³/mol. The maximum Gasteiger partial charge on any atom is 0.408 e. The smallest absolute Gasteiger partial charge is 0.408 e. The van der Waals surface area contributed by atoms with Gasteiger partial charge in [-0.3, -0.25) is 14.3 Å². The number of alkyl carbamates (subject to hydrolysis) is 1. The van der Waals surface area contributed by atoms with Gasteiger partial charge in [-0.25, -0.2) is 9.78 Å². The summed E-state index contributed by atoms with van der Waals surface area (Å²) in [7, 11) is 0. The summed E-state index contributed by atoms with van der Waals surface area (Å²) in [5.74, 6) is 0.0210. The molecule has 11 heteroatoms. The molecule has 1 aromatic carbocycles. The molecule has 1 atom stereocenters. The van der Waals surface area contributed by atoms with E-state index in [4.69, 9.17) is 16.3 Å². The molecule has 1 aliphatic heterocycles. The number of amides is 3. The molecule has 1 saturated carbocycles. The summed E-state index contributed by atoms with van der Waals surface area (Å²) in [6.07, 6.45) is 11.0. The minimum atomic E-state index is -0.776. The van der Waals surface area contributed by atoms with E-state index in [1.165, 1.54) is 32.1 Å². The van der Waals surface area contributed by atoms with E-state index >= 15 is 0 Å². The first-order chi connectivity index (χ1) is 19.5. The Bertz CT molecular complexity index is 1150. The highest BCUT2D eigenvalue weighted by Gasteiger charge is 2.43. The Balaban J connectivity index is 1.43. The molecule has 3 amide bonds. The van der Waals surface area contributed by atoms with E-state index in [-0.39, 0.29) is 17.9 Å². The second kappa shape index (κ2) is 13.7. The molecule has 2 N–H and O–H groups in total. The van der Waals surface area contributed by atoms with Gasteiger partial charge in [0.1, 0.15) is 30.8 Å². The zero-order valence-corrected chi connectivity index (χ0v) is 25.2. The SMILES string of the molecule is CC(C)(C)OC(=O)NCC(=O)N[C@H](Cc1ccc(Cl)cc1)C(=O)N1CCC(Cn2cncn2)(C2CCCCC2)CC1. The monoisotopic (exact) mass is 586 g/mol. The van der Waals surface area contributed by atoms with Crippen molar-refractivity contribution >= 4 is 29.5 Å². The molecule has 224 valence electrons. The normalized spacial score (nSPS) is 18.4. The number of piperidine rings is 1. The van der Waals surface area contributed by atoms with Gasteiger partial charge in [0.2, 0.25) is 11.8 Å². The van der Waals surface area contributed by atoms with Crippen LogP contribution < -0.4 is 10.6 Å². The summed E-state index contributed by atoms with van der Waals surface area (Å²) in [5.41, 5.74) is 0.271. The van der Waals surface area contributed by atoms with E-state index in [2.05, 4.69) is 20.7 Å². The molecular formula is C30H43ClN6O4. The number of carbonyl (C=O) groups excluding carboxylic acids is 3. The number of rotatable bonds is 9. The van der Waals surface area contributed by atoms with Crippen molar-refractivity contribution in [3.63, 3.8) is 0 Å². The minimum Gasteiger partial charge on any atom is -0.444 e. The van der Waals surface area contributed by atoms with Gasteiger partial charge < -0.3 is 20.3 Å². The average molecular weight is 587 g/mol. The maximum absolute atomic E-state index is 13.9. The van der Waals surface area contributed by atoms with Crippen LogP contribution in [0.5, 0.6) is 0 Å². The number of halogens is 1. The fourth-order valence-electron chi connectivity index (χ4n) is 6.21. The van der Waals surface area contributed by atoms with Crippen molar-refractivity contribution in [3.05, 3.63) is 47.5 Å². The molecule has 2 heterocycles. The number of aromatic nitrogens is 3. The molecule has 0 spiro atoms. The van der Waals surface area contributed by atoms with Crippen LogP contribution in [0.1, 0.15) is 71.3 Å². The minimum absolute atomic E-state index is 0.0666. The fraction of sp³-hybridized carbons (Fsp3) is 0.633. The third-order valence-corrected chi connectivity index (χ3v) is 8.52. The number of likely N-dealkylation sites (tertiary alicyclic amines) is 1. The van der Waals surface area contributed by atoms with Crippen LogP contribution in [0, 0.1) is 11.3 Å². The van der Waals surface area contributed by atoms with E-state index in [0.717, 1.165) is 24.9 Å². The van der Waals surface area contributed by atoms with Crippen LogP contribution in [0.25, 0.3) is 0 Å². The average Bonchev–Trinajstić information content (AvgIpc) is 3.45. The molecule has 0 bridgehead atoms. The Morgan fingerprint density at radius 3 is 2.39 bits per heavy atom. The molecule has 10 nitrogen and oxygen atoms in total. The molecule has 0 unspecified atom stereocenters. The highest BCUT2D eigenvalue weighted by Crippen LogP contribution is 2.47.